The van der Waals surface area contributed by atoms with E-state index < -0.39 is 5.60 Å². The minimum absolute atomic E-state index is 0.0489. The molecule has 0 amide bonds. The standard InChI is InChI=1S/C26H36N2O3/c27-22-10-7-15-28(17-22)18-23(26(30)13-5-2-6-14-26)21-11-12-25(24(29)16-21)31-19-20-8-3-1-4-9-20/h1,3-4,8-9,11-12,16,22-23,29-30H,2,5-7,10,13-15,17-19,27H2/t22-,23?/m0/s1. The van der Waals surface area contributed by atoms with Crippen molar-refractivity contribution in [2.75, 3.05) is 19.6 Å². The first kappa shape index (κ1) is 22.1. The molecule has 2 aliphatic rings. The summed E-state index contributed by atoms with van der Waals surface area (Å²) >= 11 is 0. The van der Waals surface area contributed by atoms with Gasteiger partial charge in [-0.15, -0.1) is 0 Å². The van der Waals surface area contributed by atoms with Crippen molar-refractivity contribution in [2.45, 2.75) is 69.1 Å². The lowest BCUT2D eigenvalue weighted by atomic mass is 9.72. The molecule has 1 unspecified atom stereocenters. The van der Waals surface area contributed by atoms with Crippen molar-refractivity contribution in [3.05, 3.63) is 59.7 Å². The molecule has 4 rings (SSSR count). The lowest BCUT2D eigenvalue weighted by Gasteiger charge is -2.43. The monoisotopic (exact) mass is 424 g/mol. The average molecular weight is 425 g/mol. The zero-order valence-corrected chi connectivity index (χ0v) is 18.4. The van der Waals surface area contributed by atoms with E-state index in [4.69, 9.17) is 10.5 Å². The van der Waals surface area contributed by atoms with Gasteiger partial charge in [0.05, 0.1) is 5.60 Å². The van der Waals surface area contributed by atoms with Gasteiger partial charge in [-0.1, -0.05) is 55.7 Å². The Morgan fingerprint density at radius 1 is 1.06 bits per heavy atom. The predicted molar refractivity (Wildman–Crippen MR) is 123 cm³/mol. The number of piperidine rings is 1. The highest BCUT2D eigenvalue weighted by atomic mass is 16.5. The van der Waals surface area contributed by atoms with Gasteiger partial charge in [0.15, 0.2) is 11.5 Å². The molecule has 168 valence electrons. The van der Waals surface area contributed by atoms with Gasteiger partial charge >= 0.3 is 0 Å². The number of hydrogen-bond donors (Lipinski definition) is 3. The van der Waals surface area contributed by atoms with E-state index >= 15 is 0 Å². The third-order valence-electron chi connectivity index (χ3n) is 6.97. The minimum atomic E-state index is -0.737. The van der Waals surface area contributed by atoms with Gasteiger partial charge in [0.1, 0.15) is 6.61 Å². The highest BCUT2D eigenvalue weighted by Crippen LogP contribution is 2.42. The molecule has 0 aromatic heterocycles. The minimum Gasteiger partial charge on any atom is -0.504 e. The zero-order chi connectivity index (χ0) is 21.7. The molecule has 1 saturated carbocycles. The number of aromatic hydroxyl groups is 1. The summed E-state index contributed by atoms with van der Waals surface area (Å²) in [5.74, 6) is 0.558. The number of rotatable bonds is 7. The van der Waals surface area contributed by atoms with Gasteiger partial charge in [0, 0.05) is 25.0 Å². The van der Waals surface area contributed by atoms with Crippen molar-refractivity contribution < 1.29 is 14.9 Å². The number of hydrogen-bond acceptors (Lipinski definition) is 5. The smallest absolute Gasteiger partial charge is 0.161 e. The Balaban J connectivity index is 1.53. The fourth-order valence-electron chi connectivity index (χ4n) is 5.22. The van der Waals surface area contributed by atoms with E-state index in [1.165, 1.54) is 6.42 Å². The molecule has 2 aromatic carbocycles. The summed E-state index contributed by atoms with van der Waals surface area (Å²) in [5.41, 5.74) is 7.52. The molecule has 1 heterocycles. The Labute approximate surface area is 185 Å². The van der Waals surface area contributed by atoms with E-state index in [0.29, 0.717) is 12.4 Å². The fraction of sp³-hybridized carbons (Fsp3) is 0.538. The summed E-state index contributed by atoms with van der Waals surface area (Å²) in [7, 11) is 0. The number of benzene rings is 2. The summed E-state index contributed by atoms with van der Waals surface area (Å²) in [4.78, 5) is 2.39. The van der Waals surface area contributed by atoms with Crippen molar-refractivity contribution in [3.8, 4) is 11.5 Å². The molecule has 5 heteroatoms. The fourth-order valence-corrected chi connectivity index (χ4v) is 5.22. The van der Waals surface area contributed by atoms with Crippen LogP contribution >= 0.6 is 0 Å². The van der Waals surface area contributed by atoms with Gasteiger partial charge in [0.2, 0.25) is 0 Å². The van der Waals surface area contributed by atoms with E-state index in [1.807, 2.05) is 42.5 Å². The van der Waals surface area contributed by atoms with E-state index in [0.717, 1.165) is 69.3 Å². The Hall–Kier alpha value is -2.08. The Morgan fingerprint density at radius 2 is 1.84 bits per heavy atom. The molecule has 5 nitrogen and oxygen atoms in total. The third-order valence-corrected chi connectivity index (χ3v) is 6.97. The summed E-state index contributed by atoms with van der Waals surface area (Å²) in [5, 5.41) is 22.3. The number of phenols is 1. The van der Waals surface area contributed by atoms with Gasteiger partial charge in [0.25, 0.3) is 0 Å². The first-order valence-corrected chi connectivity index (χ1v) is 11.7. The Kier molecular flexibility index (Phi) is 7.16. The molecule has 2 aromatic rings. The predicted octanol–water partition coefficient (Wildman–Crippen LogP) is 4.17. The van der Waals surface area contributed by atoms with Crippen molar-refractivity contribution in [1.82, 2.24) is 4.90 Å². The van der Waals surface area contributed by atoms with Crippen LogP contribution < -0.4 is 10.5 Å². The van der Waals surface area contributed by atoms with Crippen LogP contribution in [0.15, 0.2) is 48.5 Å². The summed E-state index contributed by atoms with van der Waals surface area (Å²) in [6, 6.07) is 15.8. The van der Waals surface area contributed by atoms with Crippen LogP contribution in [0.25, 0.3) is 0 Å². The maximum Gasteiger partial charge on any atom is 0.161 e. The quantitative estimate of drug-likeness (QED) is 0.622. The lowest BCUT2D eigenvalue weighted by molar-refractivity contribution is -0.0327. The van der Waals surface area contributed by atoms with Crippen molar-refractivity contribution in [3.63, 3.8) is 0 Å². The van der Waals surface area contributed by atoms with Crippen molar-refractivity contribution in [2.24, 2.45) is 5.73 Å². The molecule has 0 radical (unpaired) electrons. The van der Waals surface area contributed by atoms with E-state index in [1.54, 1.807) is 6.07 Å². The summed E-state index contributed by atoms with van der Waals surface area (Å²) in [6.07, 6.45) is 7.08. The Morgan fingerprint density at radius 3 is 2.55 bits per heavy atom. The van der Waals surface area contributed by atoms with Gasteiger partial charge < -0.3 is 25.6 Å². The number of nitrogens with zero attached hydrogens (tertiary/aromatic N) is 1. The molecule has 0 bridgehead atoms. The van der Waals surface area contributed by atoms with Crippen LogP contribution in [0.4, 0.5) is 0 Å². The summed E-state index contributed by atoms with van der Waals surface area (Å²) in [6.45, 7) is 3.07. The highest BCUT2D eigenvalue weighted by Gasteiger charge is 2.40. The first-order valence-electron chi connectivity index (χ1n) is 11.7. The SMILES string of the molecule is N[C@H]1CCCN(CC(c2ccc(OCc3ccccc3)c(O)c2)C2(O)CCCCC2)C1. The first-order chi connectivity index (χ1) is 15.0. The number of phenolic OH excluding ortho intramolecular Hbond substituents is 1. The number of aliphatic hydroxyl groups is 1. The second kappa shape index (κ2) is 10.0. The van der Waals surface area contributed by atoms with Gasteiger partial charge in [-0.25, -0.2) is 0 Å². The van der Waals surface area contributed by atoms with Gasteiger partial charge in [-0.2, -0.15) is 0 Å². The zero-order valence-electron chi connectivity index (χ0n) is 18.4. The van der Waals surface area contributed by atoms with Gasteiger partial charge in [-0.3, -0.25) is 0 Å². The third kappa shape index (κ3) is 5.59. The van der Waals surface area contributed by atoms with Crippen LogP contribution in [0.3, 0.4) is 0 Å². The van der Waals surface area contributed by atoms with E-state index in [2.05, 4.69) is 4.90 Å². The highest BCUT2D eigenvalue weighted by molar-refractivity contribution is 5.44. The molecule has 2 atom stereocenters. The van der Waals surface area contributed by atoms with Crippen molar-refractivity contribution in [1.29, 1.82) is 0 Å². The second-order valence-corrected chi connectivity index (χ2v) is 9.38. The van der Waals surface area contributed by atoms with Crippen LogP contribution in [0, 0.1) is 0 Å². The molecular weight excluding hydrogens is 388 g/mol. The van der Waals surface area contributed by atoms with Crippen LogP contribution in [-0.4, -0.2) is 46.4 Å². The normalized spacial score (nSPS) is 22.7. The van der Waals surface area contributed by atoms with E-state index in [9.17, 15) is 10.2 Å². The number of nitrogens with two attached hydrogens (primary N) is 1. The molecule has 1 aliphatic heterocycles. The molecule has 1 aliphatic carbocycles. The van der Waals surface area contributed by atoms with Crippen molar-refractivity contribution >= 4 is 0 Å². The maximum atomic E-state index is 11.6. The topological polar surface area (TPSA) is 79.0 Å². The number of ether oxygens (including phenoxy) is 1. The maximum absolute atomic E-state index is 11.6. The molecular formula is C26H36N2O3. The van der Waals surface area contributed by atoms with Crippen LogP contribution in [0.1, 0.15) is 62.0 Å². The molecule has 2 fully saturated rings. The van der Waals surface area contributed by atoms with E-state index in [-0.39, 0.29) is 17.7 Å². The molecule has 1 saturated heterocycles. The lowest BCUT2D eigenvalue weighted by Crippen LogP contribution is -2.49. The van der Waals surface area contributed by atoms with Gasteiger partial charge in [-0.05, 0) is 55.5 Å². The molecule has 0 spiro atoms. The average Bonchev–Trinajstić information content (AvgIpc) is 2.78. The molecule has 4 N–H and O–H groups in total. The second-order valence-electron chi connectivity index (χ2n) is 9.38. The number of likely N-dealkylation sites (tertiary alicyclic amines) is 1. The molecule has 31 heavy (non-hydrogen) atoms. The van der Waals surface area contributed by atoms with Crippen LogP contribution in [0.5, 0.6) is 11.5 Å². The van der Waals surface area contributed by atoms with Crippen LogP contribution in [-0.2, 0) is 6.61 Å². The Bertz CT molecular complexity index is 836. The summed E-state index contributed by atoms with van der Waals surface area (Å²) < 4.78 is 5.85. The van der Waals surface area contributed by atoms with Crippen LogP contribution in [0.2, 0.25) is 0 Å². The largest absolute Gasteiger partial charge is 0.504 e.